The minimum atomic E-state index is -1.20. The summed E-state index contributed by atoms with van der Waals surface area (Å²) in [5.41, 5.74) is 0.752. The number of carboxylic acid groups (broad SMARTS) is 1. The first-order valence-electron chi connectivity index (χ1n) is 8.31. The predicted octanol–water partition coefficient (Wildman–Crippen LogP) is 1.36. The van der Waals surface area contributed by atoms with E-state index in [9.17, 15) is 14.4 Å². The molecule has 0 aliphatic carbocycles. The Bertz CT molecular complexity index is 847. The maximum Gasteiger partial charge on any atom is 0.356 e. The molecule has 3 rings (SSSR count). The Labute approximate surface area is 160 Å². The van der Waals surface area contributed by atoms with Crippen molar-refractivity contribution in [2.45, 2.75) is 6.42 Å². The summed E-state index contributed by atoms with van der Waals surface area (Å²) in [4.78, 5) is 46.5. The van der Waals surface area contributed by atoms with Crippen molar-refractivity contribution in [3.05, 3.63) is 58.6 Å². The van der Waals surface area contributed by atoms with Crippen molar-refractivity contribution in [3.63, 3.8) is 0 Å². The molecule has 0 atom stereocenters. The Kier molecular flexibility index (Phi) is 5.66. The molecular formula is C18H17ClN4O4. The molecule has 1 N–H and O–H groups in total. The predicted molar refractivity (Wildman–Crippen MR) is 96.6 cm³/mol. The zero-order chi connectivity index (χ0) is 19.4. The van der Waals surface area contributed by atoms with E-state index in [0.717, 1.165) is 18.0 Å². The van der Waals surface area contributed by atoms with Crippen LogP contribution in [0.3, 0.4) is 0 Å². The van der Waals surface area contributed by atoms with Gasteiger partial charge >= 0.3 is 5.97 Å². The highest BCUT2D eigenvalue weighted by atomic mass is 35.5. The number of carbonyl (C=O) groups excluding carboxylic acids is 2. The molecule has 0 saturated carbocycles. The van der Waals surface area contributed by atoms with Crippen molar-refractivity contribution in [1.29, 1.82) is 0 Å². The van der Waals surface area contributed by atoms with Crippen LogP contribution in [-0.2, 0) is 11.2 Å². The van der Waals surface area contributed by atoms with Gasteiger partial charge in [0.2, 0.25) is 5.91 Å². The van der Waals surface area contributed by atoms with Gasteiger partial charge in [-0.2, -0.15) is 0 Å². The normalized spacial score (nSPS) is 14.1. The zero-order valence-corrected chi connectivity index (χ0v) is 15.1. The van der Waals surface area contributed by atoms with Crippen molar-refractivity contribution < 1.29 is 19.5 Å². The molecule has 0 unspecified atom stereocenters. The Hall–Kier alpha value is -3.00. The lowest BCUT2D eigenvalue weighted by atomic mass is 10.1. The number of rotatable bonds is 4. The van der Waals surface area contributed by atoms with E-state index >= 15 is 0 Å². The molecule has 0 bridgehead atoms. The number of aromatic nitrogens is 2. The van der Waals surface area contributed by atoms with Gasteiger partial charge in [-0.05, 0) is 17.7 Å². The van der Waals surface area contributed by atoms with Gasteiger partial charge in [0, 0.05) is 31.2 Å². The van der Waals surface area contributed by atoms with E-state index in [0.29, 0.717) is 31.2 Å². The molecule has 8 nitrogen and oxygen atoms in total. The van der Waals surface area contributed by atoms with Crippen LogP contribution in [0.1, 0.15) is 26.5 Å². The van der Waals surface area contributed by atoms with Gasteiger partial charge in [0.05, 0.1) is 18.8 Å². The average Bonchev–Trinajstić information content (AvgIpc) is 2.69. The highest BCUT2D eigenvalue weighted by molar-refractivity contribution is 6.30. The van der Waals surface area contributed by atoms with E-state index in [1.54, 1.807) is 21.9 Å². The number of carboxylic acids is 1. The van der Waals surface area contributed by atoms with Crippen molar-refractivity contribution >= 4 is 29.4 Å². The fourth-order valence-electron chi connectivity index (χ4n) is 2.76. The van der Waals surface area contributed by atoms with E-state index in [1.165, 1.54) is 0 Å². The van der Waals surface area contributed by atoms with Crippen LogP contribution in [0, 0.1) is 0 Å². The molecule has 0 radical (unpaired) electrons. The second-order valence-electron chi connectivity index (χ2n) is 6.07. The lowest BCUT2D eigenvalue weighted by Crippen LogP contribution is -2.51. The first kappa shape index (κ1) is 18.8. The lowest BCUT2D eigenvalue weighted by Gasteiger charge is -2.34. The summed E-state index contributed by atoms with van der Waals surface area (Å²) in [7, 11) is 0. The highest BCUT2D eigenvalue weighted by Gasteiger charge is 2.25. The Morgan fingerprint density at radius 1 is 0.926 bits per heavy atom. The summed E-state index contributed by atoms with van der Waals surface area (Å²) in [5.74, 6) is -1.53. The first-order chi connectivity index (χ1) is 12.9. The van der Waals surface area contributed by atoms with Gasteiger partial charge in [-0.15, -0.1) is 0 Å². The summed E-state index contributed by atoms with van der Waals surface area (Å²) in [6.45, 7) is 1.62. The lowest BCUT2D eigenvalue weighted by molar-refractivity contribution is -0.131. The summed E-state index contributed by atoms with van der Waals surface area (Å²) < 4.78 is 0. The molecule has 1 aliphatic heterocycles. The smallest absolute Gasteiger partial charge is 0.356 e. The summed E-state index contributed by atoms with van der Waals surface area (Å²) in [5, 5.41) is 9.44. The molecule has 2 amide bonds. The van der Waals surface area contributed by atoms with Crippen LogP contribution in [0.2, 0.25) is 5.02 Å². The first-order valence-corrected chi connectivity index (χ1v) is 8.68. The average molecular weight is 389 g/mol. The van der Waals surface area contributed by atoms with E-state index in [-0.39, 0.29) is 29.6 Å². The van der Waals surface area contributed by atoms with Gasteiger partial charge in [-0.25, -0.2) is 14.8 Å². The van der Waals surface area contributed by atoms with Gasteiger partial charge in [0.1, 0.15) is 5.69 Å². The van der Waals surface area contributed by atoms with Crippen LogP contribution in [0.5, 0.6) is 0 Å². The highest BCUT2D eigenvalue weighted by Crippen LogP contribution is 2.12. The maximum atomic E-state index is 12.4. The van der Waals surface area contributed by atoms with E-state index in [1.807, 2.05) is 12.1 Å². The second-order valence-corrected chi connectivity index (χ2v) is 6.50. The van der Waals surface area contributed by atoms with Crippen molar-refractivity contribution in [3.8, 4) is 0 Å². The molecule has 140 valence electrons. The Morgan fingerprint density at radius 2 is 1.48 bits per heavy atom. The number of hydrogen-bond donors (Lipinski definition) is 1. The van der Waals surface area contributed by atoms with Gasteiger partial charge in [0.15, 0.2) is 5.69 Å². The standard InChI is InChI=1S/C18H17ClN4O4/c19-13-3-1-12(2-4-13)9-16(24)22-5-7-23(8-6-22)17(25)14-10-21-15(11-20-14)18(26)27/h1-4,10-11H,5-9H2,(H,26,27). The number of amides is 2. The fourth-order valence-corrected chi connectivity index (χ4v) is 2.88. The Morgan fingerprint density at radius 3 is 2.04 bits per heavy atom. The van der Waals surface area contributed by atoms with Crippen molar-refractivity contribution in [1.82, 2.24) is 19.8 Å². The molecule has 2 aromatic rings. The molecule has 1 fully saturated rings. The minimum absolute atomic E-state index is 0.00461. The Balaban J connectivity index is 1.54. The van der Waals surface area contributed by atoms with Gasteiger partial charge in [-0.1, -0.05) is 23.7 Å². The molecule has 1 saturated heterocycles. The van der Waals surface area contributed by atoms with Gasteiger partial charge in [0.25, 0.3) is 5.91 Å². The van der Waals surface area contributed by atoms with Crippen LogP contribution < -0.4 is 0 Å². The van der Waals surface area contributed by atoms with Crippen LogP contribution >= 0.6 is 11.6 Å². The molecule has 0 spiro atoms. The van der Waals surface area contributed by atoms with Crippen LogP contribution in [0.15, 0.2) is 36.7 Å². The van der Waals surface area contributed by atoms with Crippen LogP contribution in [0.25, 0.3) is 0 Å². The van der Waals surface area contributed by atoms with Crippen LogP contribution in [0.4, 0.5) is 0 Å². The summed E-state index contributed by atoms with van der Waals surface area (Å²) in [6.07, 6.45) is 2.50. The minimum Gasteiger partial charge on any atom is -0.476 e. The maximum absolute atomic E-state index is 12.4. The number of hydrogen-bond acceptors (Lipinski definition) is 5. The summed E-state index contributed by atoms with van der Waals surface area (Å²) in [6, 6.07) is 7.13. The van der Waals surface area contributed by atoms with E-state index in [4.69, 9.17) is 16.7 Å². The van der Waals surface area contributed by atoms with Gasteiger partial charge in [-0.3, -0.25) is 9.59 Å². The molecule has 27 heavy (non-hydrogen) atoms. The third-order valence-electron chi connectivity index (χ3n) is 4.28. The number of piperazine rings is 1. The van der Waals surface area contributed by atoms with E-state index in [2.05, 4.69) is 9.97 Å². The molecular weight excluding hydrogens is 372 g/mol. The summed E-state index contributed by atoms with van der Waals surface area (Å²) >= 11 is 5.85. The van der Waals surface area contributed by atoms with Crippen LogP contribution in [-0.4, -0.2) is 68.8 Å². The number of aromatic carboxylic acids is 1. The van der Waals surface area contributed by atoms with Crippen molar-refractivity contribution in [2.75, 3.05) is 26.2 Å². The molecule has 1 aromatic carbocycles. The second kappa shape index (κ2) is 8.13. The topological polar surface area (TPSA) is 104 Å². The quantitative estimate of drug-likeness (QED) is 0.848. The number of halogens is 1. The molecule has 9 heteroatoms. The third-order valence-corrected chi connectivity index (χ3v) is 4.53. The van der Waals surface area contributed by atoms with Crippen molar-refractivity contribution in [2.24, 2.45) is 0 Å². The number of nitrogens with zero attached hydrogens (tertiary/aromatic N) is 4. The fraction of sp³-hybridized carbons (Fsp3) is 0.278. The van der Waals surface area contributed by atoms with E-state index < -0.39 is 5.97 Å². The van der Waals surface area contributed by atoms with Gasteiger partial charge < -0.3 is 14.9 Å². The monoisotopic (exact) mass is 388 g/mol. The largest absolute Gasteiger partial charge is 0.476 e. The third kappa shape index (κ3) is 4.59. The number of carbonyl (C=O) groups is 3. The molecule has 1 aromatic heterocycles. The molecule has 2 heterocycles. The SMILES string of the molecule is O=C(O)c1cnc(C(=O)N2CCN(C(=O)Cc3ccc(Cl)cc3)CC2)cn1. The zero-order valence-electron chi connectivity index (χ0n) is 14.3. The number of benzene rings is 1. The molecule has 1 aliphatic rings.